The molecule has 4 rings (SSSR count). The summed E-state index contributed by atoms with van der Waals surface area (Å²) in [7, 11) is 3.18. The number of halogens is 1. The summed E-state index contributed by atoms with van der Waals surface area (Å²) >= 11 is 0. The van der Waals surface area contributed by atoms with Crippen LogP contribution in [0.1, 0.15) is 0 Å². The summed E-state index contributed by atoms with van der Waals surface area (Å²) in [5, 5.41) is 0. The molecular weight excluding hydrogens is 347 g/mol. The molecule has 0 radical (unpaired) electrons. The molecule has 0 bridgehead atoms. The zero-order valence-electron chi connectivity index (χ0n) is 14.8. The van der Waals surface area contributed by atoms with Gasteiger partial charge >= 0.3 is 0 Å². The predicted octanol–water partition coefficient (Wildman–Crippen LogP) is 4.95. The highest BCUT2D eigenvalue weighted by atomic mass is 19.1. The van der Waals surface area contributed by atoms with E-state index < -0.39 is 0 Å². The van der Waals surface area contributed by atoms with Crippen LogP contribution in [0.5, 0.6) is 23.1 Å². The van der Waals surface area contributed by atoms with Crippen LogP contribution in [0.2, 0.25) is 0 Å². The topological polar surface area (TPSA) is 45.0 Å². The first-order valence-electron chi connectivity index (χ1n) is 8.32. The Bertz CT molecular complexity index is 1090. The number of fused-ring (bicyclic) bond motifs is 1. The molecule has 4 aromatic rings. The second-order valence-electron chi connectivity index (χ2n) is 5.82. The Balaban J connectivity index is 1.89. The normalized spacial score (nSPS) is 10.8. The van der Waals surface area contributed by atoms with Crippen LogP contribution in [0.3, 0.4) is 0 Å². The molecule has 0 aliphatic carbocycles. The fraction of sp³-hybridized carbons (Fsp3) is 0.0952. The van der Waals surface area contributed by atoms with E-state index in [2.05, 4.69) is 4.98 Å². The summed E-state index contributed by atoms with van der Waals surface area (Å²) in [6, 6.07) is 17.7. The molecule has 6 heteroatoms. The first-order chi connectivity index (χ1) is 13.2. The number of para-hydroxylation sites is 2. The van der Waals surface area contributed by atoms with Gasteiger partial charge in [0.05, 0.1) is 14.2 Å². The molecule has 2 aromatic carbocycles. The quantitative estimate of drug-likeness (QED) is 0.503. The van der Waals surface area contributed by atoms with Gasteiger partial charge in [-0.15, -0.1) is 0 Å². The minimum Gasteiger partial charge on any atom is -0.497 e. The molecule has 0 aliphatic heterocycles. The van der Waals surface area contributed by atoms with Crippen LogP contribution >= 0.6 is 0 Å². The SMILES string of the molecule is COc1ccc(-c2nc3ccc(F)cn3c2Oc2ccccc2OC)cc1. The van der Waals surface area contributed by atoms with E-state index in [0.29, 0.717) is 28.7 Å². The Morgan fingerprint density at radius 1 is 0.852 bits per heavy atom. The lowest BCUT2D eigenvalue weighted by Gasteiger charge is -2.11. The molecule has 2 aromatic heterocycles. The number of methoxy groups -OCH3 is 2. The van der Waals surface area contributed by atoms with Crippen molar-refractivity contribution < 1.29 is 18.6 Å². The van der Waals surface area contributed by atoms with Gasteiger partial charge < -0.3 is 14.2 Å². The molecule has 0 unspecified atom stereocenters. The molecule has 0 fully saturated rings. The molecule has 0 saturated carbocycles. The lowest BCUT2D eigenvalue weighted by Crippen LogP contribution is -1.95. The highest BCUT2D eigenvalue weighted by Crippen LogP contribution is 2.38. The minimum atomic E-state index is -0.383. The van der Waals surface area contributed by atoms with Gasteiger partial charge in [0, 0.05) is 11.8 Å². The van der Waals surface area contributed by atoms with Crippen molar-refractivity contribution in [3.05, 3.63) is 72.7 Å². The van der Waals surface area contributed by atoms with Gasteiger partial charge in [-0.3, -0.25) is 4.40 Å². The molecule has 0 spiro atoms. The van der Waals surface area contributed by atoms with Crippen molar-refractivity contribution >= 4 is 5.65 Å². The monoisotopic (exact) mass is 364 g/mol. The first kappa shape index (κ1) is 16.9. The van der Waals surface area contributed by atoms with Crippen molar-refractivity contribution in [2.45, 2.75) is 0 Å². The molecule has 27 heavy (non-hydrogen) atoms. The van der Waals surface area contributed by atoms with E-state index in [9.17, 15) is 4.39 Å². The Labute approximate surface area is 155 Å². The number of imidazole rings is 1. The van der Waals surface area contributed by atoms with Crippen molar-refractivity contribution in [2.24, 2.45) is 0 Å². The van der Waals surface area contributed by atoms with Crippen LogP contribution in [-0.4, -0.2) is 23.6 Å². The zero-order chi connectivity index (χ0) is 18.8. The minimum absolute atomic E-state index is 0.383. The third-order valence-corrected chi connectivity index (χ3v) is 4.18. The Hall–Kier alpha value is -3.54. The highest BCUT2D eigenvalue weighted by Gasteiger charge is 2.18. The molecule has 5 nitrogen and oxygen atoms in total. The van der Waals surface area contributed by atoms with E-state index in [1.807, 2.05) is 36.4 Å². The number of pyridine rings is 1. The van der Waals surface area contributed by atoms with Gasteiger partial charge in [-0.05, 0) is 48.5 Å². The van der Waals surface area contributed by atoms with Crippen molar-refractivity contribution in [1.82, 2.24) is 9.38 Å². The Kier molecular flexibility index (Phi) is 4.38. The van der Waals surface area contributed by atoms with E-state index in [-0.39, 0.29) is 5.82 Å². The molecule has 0 N–H and O–H groups in total. The van der Waals surface area contributed by atoms with Crippen LogP contribution in [0.25, 0.3) is 16.9 Å². The van der Waals surface area contributed by atoms with E-state index in [1.54, 1.807) is 36.8 Å². The molecule has 2 heterocycles. The number of aromatic nitrogens is 2. The van der Waals surface area contributed by atoms with Crippen molar-refractivity contribution in [2.75, 3.05) is 14.2 Å². The second kappa shape index (κ2) is 6.99. The van der Waals surface area contributed by atoms with Gasteiger partial charge in [0.2, 0.25) is 5.88 Å². The van der Waals surface area contributed by atoms with Gasteiger partial charge in [-0.1, -0.05) is 12.1 Å². The van der Waals surface area contributed by atoms with Crippen molar-refractivity contribution in [1.29, 1.82) is 0 Å². The number of benzene rings is 2. The molecule has 136 valence electrons. The standard InChI is InChI=1S/C21H17FN2O3/c1-25-16-10-7-14(8-11-16)20-21(24-13-15(22)9-12-19(24)23-20)27-18-6-4-3-5-17(18)26-2/h3-13H,1-2H3. The molecule has 0 amide bonds. The number of ether oxygens (including phenoxy) is 3. The molecular formula is C21H17FN2O3. The summed E-state index contributed by atoms with van der Waals surface area (Å²) in [6.07, 6.45) is 1.35. The van der Waals surface area contributed by atoms with E-state index in [0.717, 1.165) is 11.3 Å². The molecule has 0 saturated heterocycles. The van der Waals surface area contributed by atoms with Gasteiger partial charge in [0.15, 0.2) is 11.5 Å². The number of hydrogen-bond donors (Lipinski definition) is 0. The van der Waals surface area contributed by atoms with Crippen LogP contribution < -0.4 is 14.2 Å². The fourth-order valence-electron chi connectivity index (χ4n) is 2.84. The number of hydrogen-bond acceptors (Lipinski definition) is 4. The van der Waals surface area contributed by atoms with Gasteiger partial charge in [-0.2, -0.15) is 0 Å². The molecule has 0 aliphatic rings. The summed E-state index contributed by atoms with van der Waals surface area (Å²) in [4.78, 5) is 4.62. The average molecular weight is 364 g/mol. The Morgan fingerprint density at radius 3 is 2.30 bits per heavy atom. The highest BCUT2D eigenvalue weighted by molar-refractivity contribution is 5.70. The van der Waals surface area contributed by atoms with Gasteiger partial charge in [0.25, 0.3) is 0 Å². The van der Waals surface area contributed by atoms with Crippen LogP contribution in [0.15, 0.2) is 66.9 Å². The smallest absolute Gasteiger partial charge is 0.232 e. The van der Waals surface area contributed by atoms with Crippen LogP contribution in [0, 0.1) is 5.82 Å². The first-order valence-corrected chi connectivity index (χ1v) is 8.32. The van der Waals surface area contributed by atoms with Crippen molar-refractivity contribution in [3.8, 4) is 34.4 Å². The predicted molar refractivity (Wildman–Crippen MR) is 100 cm³/mol. The third-order valence-electron chi connectivity index (χ3n) is 4.18. The Morgan fingerprint density at radius 2 is 1.59 bits per heavy atom. The summed E-state index contributed by atoms with van der Waals surface area (Å²) in [5.41, 5.74) is 1.99. The van der Waals surface area contributed by atoms with E-state index in [4.69, 9.17) is 14.2 Å². The lowest BCUT2D eigenvalue weighted by atomic mass is 10.1. The second-order valence-corrected chi connectivity index (χ2v) is 5.82. The number of nitrogens with zero attached hydrogens (tertiary/aromatic N) is 2. The van der Waals surface area contributed by atoms with E-state index in [1.165, 1.54) is 12.3 Å². The number of rotatable bonds is 5. The molecule has 0 atom stereocenters. The lowest BCUT2D eigenvalue weighted by molar-refractivity contribution is 0.373. The largest absolute Gasteiger partial charge is 0.497 e. The van der Waals surface area contributed by atoms with Crippen LogP contribution in [0.4, 0.5) is 4.39 Å². The fourth-order valence-corrected chi connectivity index (χ4v) is 2.84. The maximum atomic E-state index is 13.9. The summed E-state index contributed by atoms with van der Waals surface area (Å²) in [5.74, 6) is 1.84. The zero-order valence-corrected chi connectivity index (χ0v) is 14.8. The van der Waals surface area contributed by atoms with Crippen molar-refractivity contribution in [3.63, 3.8) is 0 Å². The van der Waals surface area contributed by atoms with Gasteiger partial charge in [0.1, 0.15) is 22.9 Å². The van der Waals surface area contributed by atoms with Crippen LogP contribution in [-0.2, 0) is 0 Å². The third kappa shape index (κ3) is 3.17. The summed E-state index contributed by atoms with van der Waals surface area (Å²) < 4.78 is 32.2. The maximum Gasteiger partial charge on any atom is 0.232 e. The maximum absolute atomic E-state index is 13.9. The van der Waals surface area contributed by atoms with Gasteiger partial charge in [-0.25, -0.2) is 9.37 Å². The summed E-state index contributed by atoms with van der Waals surface area (Å²) in [6.45, 7) is 0. The van der Waals surface area contributed by atoms with E-state index >= 15 is 0 Å². The average Bonchev–Trinajstić information content (AvgIpc) is 3.06.